The molecule has 1 aromatic rings. The number of carboxylic acids is 1. The summed E-state index contributed by atoms with van der Waals surface area (Å²) in [5.41, 5.74) is 0. The third-order valence-corrected chi connectivity index (χ3v) is 2.46. The third-order valence-electron chi connectivity index (χ3n) is 2.12. The smallest absolute Gasteiger partial charge is 0.327 e. The number of likely N-dealkylation sites (N-methyl/N-ethyl adjacent to an activating group) is 1. The number of rotatable bonds is 5. The molecular formula is C10H14N2O2S. The van der Waals surface area contributed by atoms with Crippen LogP contribution in [0.4, 0.5) is 5.82 Å². The molecule has 4 nitrogen and oxygen atoms in total. The molecule has 0 aliphatic rings. The lowest BCUT2D eigenvalue weighted by molar-refractivity contribution is -0.138. The summed E-state index contributed by atoms with van der Waals surface area (Å²) in [5.74, 6) is 0.0543. The summed E-state index contributed by atoms with van der Waals surface area (Å²) < 4.78 is 0. The predicted molar refractivity (Wildman–Crippen MR) is 62.5 cm³/mol. The van der Waals surface area contributed by atoms with Gasteiger partial charge in [0.2, 0.25) is 0 Å². The maximum Gasteiger partial charge on any atom is 0.327 e. The number of nitrogens with zero attached hydrogens (tertiary/aromatic N) is 2. The fourth-order valence-corrected chi connectivity index (χ4v) is 1.73. The molecule has 0 saturated heterocycles. The topological polar surface area (TPSA) is 53.4 Å². The van der Waals surface area contributed by atoms with Crippen molar-refractivity contribution >= 4 is 24.4 Å². The number of thiol groups is 1. The molecule has 1 aromatic heterocycles. The number of hydrogen-bond donors (Lipinski definition) is 2. The first-order valence-electron chi connectivity index (χ1n) is 4.72. The Kier molecular flexibility index (Phi) is 4.42. The molecule has 15 heavy (non-hydrogen) atoms. The Labute approximate surface area is 94.3 Å². The quantitative estimate of drug-likeness (QED) is 0.743. The lowest BCUT2D eigenvalue weighted by Crippen LogP contribution is -2.43. The van der Waals surface area contributed by atoms with Gasteiger partial charge in [0.15, 0.2) is 0 Å². The first kappa shape index (κ1) is 11.8. The molecule has 1 atom stereocenters. The Balaban J connectivity index is 2.92. The summed E-state index contributed by atoms with van der Waals surface area (Å²) in [5, 5.41) is 9.02. The maximum absolute atomic E-state index is 11.0. The van der Waals surface area contributed by atoms with Crippen molar-refractivity contribution in [1.82, 2.24) is 4.98 Å². The van der Waals surface area contributed by atoms with Gasteiger partial charge in [-0.2, -0.15) is 12.6 Å². The zero-order valence-corrected chi connectivity index (χ0v) is 9.39. The summed E-state index contributed by atoms with van der Waals surface area (Å²) in [6.45, 7) is 2.49. The van der Waals surface area contributed by atoms with Gasteiger partial charge in [-0.05, 0) is 19.1 Å². The summed E-state index contributed by atoms with van der Waals surface area (Å²) >= 11 is 4.05. The Hall–Kier alpha value is -1.23. The second kappa shape index (κ2) is 5.60. The molecule has 1 N–H and O–H groups in total. The van der Waals surface area contributed by atoms with Gasteiger partial charge in [-0.3, -0.25) is 0 Å². The van der Waals surface area contributed by atoms with Gasteiger partial charge in [0, 0.05) is 18.5 Å². The molecule has 1 rings (SSSR count). The van der Waals surface area contributed by atoms with Gasteiger partial charge >= 0.3 is 5.97 Å². The van der Waals surface area contributed by atoms with Gasteiger partial charge in [-0.15, -0.1) is 0 Å². The van der Waals surface area contributed by atoms with Gasteiger partial charge in [-0.25, -0.2) is 9.78 Å². The van der Waals surface area contributed by atoms with Crippen LogP contribution in [0.2, 0.25) is 0 Å². The van der Waals surface area contributed by atoms with Gasteiger partial charge < -0.3 is 10.0 Å². The van der Waals surface area contributed by atoms with E-state index in [0.717, 1.165) is 0 Å². The molecule has 0 bridgehead atoms. The average molecular weight is 226 g/mol. The Morgan fingerprint density at radius 1 is 1.67 bits per heavy atom. The van der Waals surface area contributed by atoms with Crippen molar-refractivity contribution in [2.24, 2.45) is 0 Å². The predicted octanol–water partition coefficient (Wildman–Crippen LogP) is 1.29. The fourth-order valence-electron chi connectivity index (χ4n) is 1.38. The van der Waals surface area contributed by atoms with Crippen molar-refractivity contribution in [2.75, 3.05) is 17.2 Å². The largest absolute Gasteiger partial charge is 0.480 e. The van der Waals surface area contributed by atoms with Crippen LogP contribution in [-0.4, -0.2) is 34.4 Å². The number of hydrogen-bond acceptors (Lipinski definition) is 4. The molecule has 0 fully saturated rings. The highest BCUT2D eigenvalue weighted by Crippen LogP contribution is 2.13. The van der Waals surface area contributed by atoms with E-state index in [1.807, 2.05) is 13.0 Å². The lowest BCUT2D eigenvalue weighted by Gasteiger charge is -2.27. The van der Waals surface area contributed by atoms with Crippen LogP contribution in [0.1, 0.15) is 6.92 Å². The van der Waals surface area contributed by atoms with E-state index in [0.29, 0.717) is 12.4 Å². The van der Waals surface area contributed by atoms with Crippen LogP contribution in [0.25, 0.3) is 0 Å². The van der Waals surface area contributed by atoms with Crippen LogP contribution >= 0.6 is 12.6 Å². The standard InChI is InChI=1S/C10H14N2O2S/c1-2-12(8(7-15)10(13)14)9-5-3-4-6-11-9/h3-6,8,15H,2,7H2,1H3,(H,13,14)/t8-/m0/s1. The molecular weight excluding hydrogens is 212 g/mol. The van der Waals surface area contributed by atoms with Crippen LogP contribution in [0.5, 0.6) is 0 Å². The van der Waals surface area contributed by atoms with Gasteiger partial charge in [-0.1, -0.05) is 6.07 Å². The molecule has 1 heterocycles. The van der Waals surface area contributed by atoms with E-state index in [4.69, 9.17) is 5.11 Å². The molecule has 0 amide bonds. The second-order valence-electron chi connectivity index (χ2n) is 3.01. The summed E-state index contributed by atoms with van der Waals surface area (Å²) in [6.07, 6.45) is 1.65. The molecule has 0 aliphatic heterocycles. The third kappa shape index (κ3) is 2.86. The van der Waals surface area contributed by atoms with E-state index < -0.39 is 12.0 Å². The Morgan fingerprint density at radius 3 is 2.80 bits per heavy atom. The van der Waals surface area contributed by atoms with Crippen LogP contribution < -0.4 is 4.90 Å². The first-order valence-corrected chi connectivity index (χ1v) is 5.35. The Morgan fingerprint density at radius 2 is 2.40 bits per heavy atom. The number of carboxylic acid groups (broad SMARTS) is 1. The van der Waals surface area contributed by atoms with Crippen LogP contribution in [0.15, 0.2) is 24.4 Å². The average Bonchev–Trinajstić information content (AvgIpc) is 2.26. The highest BCUT2D eigenvalue weighted by molar-refractivity contribution is 7.80. The molecule has 82 valence electrons. The minimum absolute atomic E-state index is 0.264. The lowest BCUT2D eigenvalue weighted by atomic mass is 10.2. The SMILES string of the molecule is CCN(c1ccccn1)[C@@H](CS)C(=O)O. The summed E-state index contributed by atoms with van der Waals surface area (Å²) in [7, 11) is 0. The normalized spacial score (nSPS) is 12.1. The number of aromatic nitrogens is 1. The van der Waals surface area contributed by atoms with Crippen molar-refractivity contribution < 1.29 is 9.90 Å². The van der Waals surface area contributed by atoms with Crippen molar-refractivity contribution in [3.05, 3.63) is 24.4 Å². The highest BCUT2D eigenvalue weighted by Gasteiger charge is 2.23. The van der Waals surface area contributed by atoms with Crippen LogP contribution in [0, 0.1) is 0 Å². The first-order chi connectivity index (χ1) is 7.20. The minimum atomic E-state index is -0.877. The zero-order valence-electron chi connectivity index (χ0n) is 8.50. The Bertz CT molecular complexity index is 318. The highest BCUT2D eigenvalue weighted by atomic mass is 32.1. The molecule has 5 heteroatoms. The van der Waals surface area contributed by atoms with Crippen LogP contribution in [-0.2, 0) is 4.79 Å². The van der Waals surface area contributed by atoms with E-state index in [-0.39, 0.29) is 5.75 Å². The molecule has 0 radical (unpaired) electrons. The van der Waals surface area contributed by atoms with Crippen molar-refractivity contribution in [3.63, 3.8) is 0 Å². The van der Waals surface area contributed by atoms with Crippen LogP contribution in [0.3, 0.4) is 0 Å². The van der Waals surface area contributed by atoms with E-state index in [2.05, 4.69) is 17.6 Å². The van der Waals surface area contributed by atoms with E-state index in [1.165, 1.54) is 0 Å². The summed E-state index contributed by atoms with van der Waals surface area (Å²) in [4.78, 5) is 16.8. The molecule has 0 spiro atoms. The van der Waals surface area contributed by atoms with Gasteiger partial charge in [0.1, 0.15) is 11.9 Å². The second-order valence-corrected chi connectivity index (χ2v) is 3.38. The number of anilines is 1. The summed E-state index contributed by atoms with van der Waals surface area (Å²) in [6, 6.07) is 4.80. The van der Waals surface area contributed by atoms with Crippen molar-refractivity contribution in [2.45, 2.75) is 13.0 Å². The molecule has 0 aliphatic carbocycles. The van der Waals surface area contributed by atoms with Crippen molar-refractivity contribution in [1.29, 1.82) is 0 Å². The zero-order chi connectivity index (χ0) is 11.3. The number of aliphatic carboxylic acids is 1. The van der Waals surface area contributed by atoms with Gasteiger partial charge in [0.25, 0.3) is 0 Å². The van der Waals surface area contributed by atoms with E-state index >= 15 is 0 Å². The fraction of sp³-hybridized carbons (Fsp3) is 0.400. The van der Waals surface area contributed by atoms with E-state index in [1.54, 1.807) is 23.2 Å². The minimum Gasteiger partial charge on any atom is -0.480 e. The number of carbonyl (C=O) groups is 1. The molecule has 0 saturated carbocycles. The molecule has 0 aromatic carbocycles. The monoisotopic (exact) mass is 226 g/mol. The van der Waals surface area contributed by atoms with Gasteiger partial charge in [0.05, 0.1) is 0 Å². The number of pyridine rings is 1. The van der Waals surface area contributed by atoms with E-state index in [9.17, 15) is 4.79 Å². The maximum atomic E-state index is 11.0. The van der Waals surface area contributed by atoms with Crippen molar-refractivity contribution in [3.8, 4) is 0 Å². The molecule has 0 unspecified atom stereocenters.